The Morgan fingerprint density at radius 1 is 1.56 bits per heavy atom. The smallest absolute Gasteiger partial charge is 0.219 e. The van der Waals surface area contributed by atoms with E-state index in [1.165, 1.54) is 23.5 Å². The summed E-state index contributed by atoms with van der Waals surface area (Å²) in [6, 6.07) is 0. The van der Waals surface area contributed by atoms with Gasteiger partial charge in [-0.25, -0.2) is 5.84 Å². The molecule has 2 rings (SSSR count). The highest BCUT2D eigenvalue weighted by Gasteiger charge is 2.19. The number of rotatable bonds is 4. The first kappa shape index (κ1) is 12.1. The van der Waals surface area contributed by atoms with Crippen molar-refractivity contribution in [1.29, 1.82) is 0 Å². The van der Waals surface area contributed by atoms with E-state index in [9.17, 15) is 0 Å². The van der Waals surface area contributed by atoms with E-state index in [-0.39, 0.29) is 0 Å². The Morgan fingerprint density at radius 3 is 3.12 bits per heavy atom. The van der Waals surface area contributed by atoms with Crippen molar-refractivity contribution >= 4 is 28.2 Å². The lowest BCUT2D eigenvalue weighted by Gasteiger charge is -2.30. The van der Waals surface area contributed by atoms with Crippen molar-refractivity contribution in [2.24, 2.45) is 5.84 Å². The van der Waals surface area contributed by atoms with E-state index in [2.05, 4.69) is 39.2 Å². The lowest BCUT2D eigenvalue weighted by atomic mass is 10.3. The van der Waals surface area contributed by atoms with Gasteiger partial charge in [-0.05, 0) is 6.42 Å². The van der Waals surface area contributed by atoms with Crippen LogP contribution in [-0.4, -0.2) is 39.2 Å². The van der Waals surface area contributed by atoms with Crippen molar-refractivity contribution in [2.45, 2.75) is 25.1 Å². The summed E-state index contributed by atoms with van der Waals surface area (Å²) >= 11 is 3.61. The number of nitrogens with two attached hydrogens (primary N) is 1. The number of hydrazine groups is 1. The van der Waals surface area contributed by atoms with Crippen molar-refractivity contribution in [3.05, 3.63) is 5.01 Å². The topological polar surface area (TPSA) is 67.1 Å². The van der Waals surface area contributed by atoms with Crippen LogP contribution in [0.4, 0.5) is 5.13 Å². The van der Waals surface area contributed by atoms with Gasteiger partial charge in [-0.1, -0.05) is 18.3 Å². The Balaban J connectivity index is 1.88. The molecule has 0 aromatic carbocycles. The molecular formula is C9H17N5S2. The van der Waals surface area contributed by atoms with Crippen LogP contribution in [0.3, 0.4) is 0 Å². The first-order chi connectivity index (χ1) is 7.81. The minimum Gasteiger partial charge on any atom is -0.298 e. The van der Waals surface area contributed by atoms with Gasteiger partial charge in [0.25, 0.3) is 0 Å². The zero-order valence-electron chi connectivity index (χ0n) is 9.35. The molecule has 3 N–H and O–H groups in total. The van der Waals surface area contributed by atoms with E-state index in [0.717, 1.165) is 29.9 Å². The third-order valence-corrected chi connectivity index (χ3v) is 4.84. The van der Waals surface area contributed by atoms with Crippen molar-refractivity contribution < 1.29 is 0 Å². The molecule has 1 aromatic heterocycles. The molecule has 1 aliphatic heterocycles. The van der Waals surface area contributed by atoms with E-state index in [4.69, 9.17) is 5.84 Å². The molecule has 1 fully saturated rings. The van der Waals surface area contributed by atoms with E-state index in [1.54, 1.807) is 0 Å². The van der Waals surface area contributed by atoms with Crippen molar-refractivity contribution in [3.8, 4) is 0 Å². The Kier molecular flexibility index (Phi) is 4.39. The molecule has 0 spiro atoms. The van der Waals surface area contributed by atoms with Gasteiger partial charge < -0.3 is 0 Å². The second-order valence-corrected chi connectivity index (χ2v) is 6.25. The fraction of sp³-hybridized carbons (Fsp3) is 0.778. The van der Waals surface area contributed by atoms with Gasteiger partial charge in [-0.15, -0.1) is 10.2 Å². The van der Waals surface area contributed by atoms with Gasteiger partial charge >= 0.3 is 0 Å². The van der Waals surface area contributed by atoms with Crippen LogP contribution in [0.1, 0.15) is 18.4 Å². The predicted octanol–water partition coefficient (Wildman–Crippen LogP) is 1.15. The average molecular weight is 259 g/mol. The summed E-state index contributed by atoms with van der Waals surface area (Å²) in [5.74, 6) is 6.50. The largest absolute Gasteiger partial charge is 0.298 e. The third kappa shape index (κ3) is 3.07. The van der Waals surface area contributed by atoms with Crippen LogP contribution in [0.25, 0.3) is 0 Å². The molecule has 0 amide bonds. The number of nitrogen functional groups attached to an aromatic ring is 1. The van der Waals surface area contributed by atoms with Crippen molar-refractivity contribution in [1.82, 2.24) is 15.1 Å². The Bertz CT molecular complexity index is 329. The molecule has 1 aliphatic rings. The van der Waals surface area contributed by atoms with Crippen LogP contribution in [0.5, 0.6) is 0 Å². The molecule has 1 unspecified atom stereocenters. The van der Waals surface area contributed by atoms with Crippen LogP contribution < -0.4 is 11.3 Å². The first-order valence-corrected chi connectivity index (χ1v) is 7.31. The predicted molar refractivity (Wildman–Crippen MR) is 69.5 cm³/mol. The fourth-order valence-electron chi connectivity index (χ4n) is 1.74. The number of nitrogens with one attached hydrogen (secondary N) is 1. The lowest BCUT2D eigenvalue weighted by Crippen LogP contribution is -2.36. The Morgan fingerprint density at radius 2 is 2.44 bits per heavy atom. The summed E-state index contributed by atoms with van der Waals surface area (Å²) in [5.41, 5.74) is 2.53. The van der Waals surface area contributed by atoms with E-state index < -0.39 is 0 Å². The number of thioether (sulfide) groups is 1. The standard InChI is InChI=1S/C9H17N5S2/c1-2-7-5-14(3-4-15-7)6-8-12-13-9(11-10)16-8/h7H,2-6,10H2,1H3,(H,11,13). The van der Waals surface area contributed by atoms with Crippen LogP contribution >= 0.6 is 23.1 Å². The summed E-state index contributed by atoms with van der Waals surface area (Å²) in [4.78, 5) is 2.45. The molecule has 0 aliphatic carbocycles. The molecule has 7 heteroatoms. The number of hydrogen-bond acceptors (Lipinski definition) is 7. The maximum absolute atomic E-state index is 5.28. The third-order valence-electron chi connectivity index (χ3n) is 2.63. The van der Waals surface area contributed by atoms with Gasteiger partial charge in [0.15, 0.2) is 0 Å². The number of hydrogen-bond donors (Lipinski definition) is 2. The van der Waals surface area contributed by atoms with Crippen LogP contribution in [0, 0.1) is 0 Å². The summed E-state index contributed by atoms with van der Waals surface area (Å²) in [7, 11) is 0. The molecule has 90 valence electrons. The van der Waals surface area contributed by atoms with Crippen LogP contribution in [-0.2, 0) is 6.54 Å². The molecule has 5 nitrogen and oxygen atoms in total. The zero-order valence-corrected chi connectivity index (χ0v) is 11.0. The second-order valence-electron chi connectivity index (χ2n) is 3.78. The van der Waals surface area contributed by atoms with Crippen LogP contribution in [0.2, 0.25) is 0 Å². The quantitative estimate of drug-likeness (QED) is 0.624. The molecular weight excluding hydrogens is 242 g/mol. The molecule has 1 saturated heterocycles. The molecule has 0 bridgehead atoms. The van der Waals surface area contributed by atoms with Gasteiger partial charge in [-0.2, -0.15) is 11.8 Å². The monoisotopic (exact) mass is 259 g/mol. The molecule has 0 radical (unpaired) electrons. The molecule has 0 saturated carbocycles. The van der Waals surface area contributed by atoms with Gasteiger partial charge in [-0.3, -0.25) is 10.3 Å². The zero-order chi connectivity index (χ0) is 11.4. The summed E-state index contributed by atoms with van der Waals surface area (Å²) in [5, 5.41) is 10.5. The summed E-state index contributed by atoms with van der Waals surface area (Å²) < 4.78 is 0. The van der Waals surface area contributed by atoms with Gasteiger partial charge in [0.1, 0.15) is 5.01 Å². The van der Waals surface area contributed by atoms with E-state index >= 15 is 0 Å². The SMILES string of the molecule is CCC1CN(Cc2nnc(NN)s2)CCS1. The van der Waals surface area contributed by atoms with Gasteiger partial charge in [0.05, 0.1) is 6.54 Å². The molecule has 2 heterocycles. The number of nitrogens with zero attached hydrogens (tertiary/aromatic N) is 3. The van der Waals surface area contributed by atoms with E-state index in [0.29, 0.717) is 5.13 Å². The maximum Gasteiger partial charge on any atom is 0.219 e. The average Bonchev–Trinajstić information content (AvgIpc) is 2.77. The highest BCUT2D eigenvalue weighted by Crippen LogP contribution is 2.23. The minimum atomic E-state index is 0.688. The number of aromatic nitrogens is 2. The number of anilines is 1. The normalized spacial score (nSPS) is 22.2. The van der Waals surface area contributed by atoms with Crippen molar-refractivity contribution in [3.63, 3.8) is 0 Å². The highest BCUT2D eigenvalue weighted by atomic mass is 32.2. The minimum absolute atomic E-state index is 0.688. The van der Waals surface area contributed by atoms with Crippen molar-refractivity contribution in [2.75, 3.05) is 24.3 Å². The Labute approximate surface area is 104 Å². The molecule has 1 atom stereocenters. The van der Waals surface area contributed by atoms with Crippen LogP contribution in [0.15, 0.2) is 0 Å². The Hall–Kier alpha value is -0.370. The summed E-state index contributed by atoms with van der Waals surface area (Å²) in [6.45, 7) is 5.46. The van der Waals surface area contributed by atoms with Gasteiger partial charge in [0, 0.05) is 24.1 Å². The lowest BCUT2D eigenvalue weighted by molar-refractivity contribution is 0.272. The summed E-state index contributed by atoms with van der Waals surface area (Å²) in [6.07, 6.45) is 1.24. The van der Waals surface area contributed by atoms with E-state index in [1.807, 2.05) is 0 Å². The maximum atomic E-state index is 5.28. The molecule has 1 aromatic rings. The van der Waals surface area contributed by atoms with Gasteiger partial charge in [0.2, 0.25) is 5.13 Å². The molecule has 16 heavy (non-hydrogen) atoms. The highest BCUT2D eigenvalue weighted by molar-refractivity contribution is 8.00. The second kappa shape index (κ2) is 5.81. The fourth-order valence-corrected chi connectivity index (χ4v) is 3.68. The first-order valence-electron chi connectivity index (χ1n) is 5.44.